The van der Waals surface area contributed by atoms with Gasteiger partial charge in [0.25, 0.3) is 10.0 Å². The predicted octanol–water partition coefficient (Wildman–Crippen LogP) is 6.71. The zero-order valence-electron chi connectivity index (χ0n) is 21.9. The number of anilines is 2. The fourth-order valence-electron chi connectivity index (χ4n) is 3.85. The van der Waals surface area contributed by atoms with Crippen molar-refractivity contribution in [2.45, 2.75) is 20.9 Å². The third kappa shape index (κ3) is 7.14. The highest BCUT2D eigenvalue weighted by Gasteiger charge is 2.33. The van der Waals surface area contributed by atoms with Crippen molar-refractivity contribution >= 4 is 39.1 Å². The SMILES string of the molecule is COc1ccc(S(=O)(=O)N(CC(=O)Nc2ccccc2Sc2ccccc2)c2cccc(C(F)(F)F)c2)cc1OC. The van der Waals surface area contributed by atoms with Crippen molar-refractivity contribution in [2.75, 3.05) is 30.4 Å². The number of hydrogen-bond donors (Lipinski definition) is 1. The number of hydrogen-bond acceptors (Lipinski definition) is 6. The van der Waals surface area contributed by atoms with Crippen molar-refractivity contribution in [2.24, 2.45) is 0 Å². The van der Waals surface area contributed by atoms with Crippen molar-refractivity contribution in [3.8, 4) is 11.5 Å². The molecule has 12 heteroatoms. The highest BCUT2D eigenvalue weighted by molar-refractivity contribution is 7.99. The summed E-state index contributed by atoms with van der Waals surface area (Å²) in [5.74, 6) is -0.413. The van der Waals surface area contributed by atoms with Gasteiger partial charge in [-0.05, 0) is 54.6 Å². The maximum atomic E-state index is 13.8. The van der Waals surface area contributed by atoms with Crippen LogP contribution in [0, 0.1) is 0 Å². The lowest BCUT2D eigenvalue weighted by Gasteiger charge is -2.25. The van der Waals surface area contributed by atoms with E-state index in [1.807, 2.05) is 30.3 Å². The Labute approximate surface area is 240 Å². The molecule has 214 valence electrons. The van der Waals surface area contributed by atoms with E-state index in [2.05, 4.69) is 5.32 Å². The van der Waals surface area contributed by atoms with E-state index < -0.39 is 34.2 Å². The van der Waals surface area contributed by atoms with Crippen molar-refractivity contribution < 1.29 is 35.9 Å². The van der Waals surface area contributed by atoms with Crippen LogP contribution in [0.15, 0.2) is 112 Å². The number of carbonyl (C=O) groups is 1. The molecule has 0 unspecified atom stereocenters. The van der Waals surface area contributed by atoms with Crippen LogP contribution in [-0.2, 0) is 21.0 Å². The fraction of sp³-hybridized carbons (Fsp3) is 0.138. The topological polar surface area (TPSA) is 84.9 Å². The second-order valence-electron chi connectivity index (χ2n) is 8.54. The zero-order chi connectivity index (χ0) is 29.6. The third-order valence-corrected chi connectivity index (χ3v) is 8.68. The number of sulfonamides is 1. The van der Waals surface area contributed by atoms with Gasteiger partial charge >= 0.3 is 6.18 Å². The van der Waals surface area contributed by atoms with Crippen molar-refractivity contribution in [3.63, 3.8) is 0 Å². The lowest BCUT2D eigenvalue weighted by Crippen LogP contribution is -2.38. The summed E-state index contributed by atoms with van der Waals surface area (Å²) in [6, 6.07) is 23.9. The van der Waals surface area contributed by atoms with Crippen LogP contribution in [0.1, 0.15) is 5.56 Å². The summed E-state index contributed by atoms with van der Waals surface area (Å²) in [6.07, 6.45) is -4.73. The van der Waals surface area contributed by atoms with Gasteiger partial charge in [0, 0.05) is 15.9 Å². The number of ether oxygens (including phenoxy) is 2. The molecule has 1 amide bonds. The lowest BCUT2D eigenvalue weighted by molar-refractivity contribution is -0.137. The Kier molecular flexibility index (Phi) is 9.14. The van der Waals surface area contributed by atoms with Gasteiger partial charge in [-0.25, -0.2) is 8.42 Å². The number of nitrogens with one attached hydrogen (secondary N) is 1. The normalized spacial score (nSPS) is 11.5. The zero-order valence-corrected chi connectivity index (χ0v) is 23.5. The fourth-order valence-corrected chi connectivity index (χ4v) is 6.20. The summed E-state index contributed by atoms with van der Waals surface area (Å²) in [5, 5.41) is 2.71. The minimum Gasteiger partial charge on any atom is -0.493 e. The van der Waals surface area contributed by atoms with Gasteiger partial charge in [0.1, 0.15) is 6.54 Å². The summed E-state index contributed by atoms with van der Waals surface area (Å²) in [4.78, 5) is 14.6. The molecule has 0 aliphatic heterocycles. The maximum absolute atomic E-state index is 13.8. The lowest BCUT2D eigenvalue weighted by atomic mass is 10.2. The summed E-state index contributed by atoms with van der Waals surface area (Å²) >= 11 is 1.39. The van der Waals surface area contributed by atoms with Crippen LogP contribution in [0.25, 0.3) is 0 Å². The Hall–Kier alpha value is -4.16. The summed E-state index contributed by atoms with van der Waals surface area (Å²) in [6.45, 7) is -0.803. The molecule has 0 aliphatic rings. The van der Waals surface area contributed by atoms with Crippen LogP contribution >= 0.6 is 11.8 Å². The summed E-state index contributed by atoms with van der Waals surface area (Å²) < 4.78 is 79.2. The third-order valence-electron chi connectivity index (χ3n) is 5.82. The van der Waals surface area contributed by atoms with E-state index in [0.717, 1.165) is 17.0 Å². The average Bonchev–Trinajstić information content (AvgIpc) is 2.96. The second-order valence-corrected chi connectivity index (χ2v) is 11.5. The molecule has 0 bridgehead atoms. The van der Waals surface area contributed by atoms with Gasteiger partial charge in [-0.3, -0.25) is 9.10 Å². The van der Waals surface area contributed by atoms with Crippen LogP contribution in [0.5, 0.6) is 11.5 Å². The largest absolute Gasteiger partial charge is 0.493 e. The Balaban J connectivity index is 1.71. The molecule has 0 aliphatic carbocycles. The standard InChI is InChI=1S/C29H25F3N2O5S2/c1-38-25-16-15-23(18-26(25)39-2)41(36,37)34(21-10-8-9-20(17-21)29(30,31)32)19-28(35)33-24-13-6-7-14-27(24)40-22-11-4-3-5-12-22/h3-18H,19H2,1-2H3,(H,33,35). The van der Waals surface area contributed by atoms with Gasteiger partial charge in [-0.2, -0.15) is 13.2 Å². The molecular formula is C29H25F3N2O5S2. The first-order valence-corrected chi connectivity index (χ1v) is 14.3. The molecule has 0 atom stereocenters. The first-order chi connectivity index (χ1) is 19.5. The Morgan fingerprint density at radius 3 is 2.22 bits per heavy atom. The minimum atomic E-state index is -4.73. The van der Waals surface area contributed by atoms with E-state index in [0.29, 0.717) is 21.0 Å². The van der Waals surface area contributed by atoms with Crippen LogP contribution in [-0.4, -0.2) is 35.1 Å². The van der Waals surface area contributed by atoms with Crippen molar-refractivity contribution in [3.05, 3.63) is 103 Å². The van der Waals surface area contributed by atoms with E-state index in [-0.39, 0.29) is 22.1 Å². The van der Waals surface area contributed by atoms with E-state index in [1.54, 1.807) is 24.3 Å². The predicted molar refractivity (Wildman–Crippen MR) is 151 cm³/mol. The smallest absolute Gasteiger partial charge is 0.416 e. The maximum Gasteiger partial charge on any atom is 0.416 e. The number of nitrogens with zero attached hydrogens (tertiary/aromatic N) is 1. The van der Waals surface area contributed by atoms with Crippen molar-refractivity contribution in [1.82, 2.24) is 0 Å². The molecule has 1 N–H and O–H groups in total. The number of amides is 1. The van der Waals surface area contributed by atoms with Gasteiger partial charge in [-0.1, -0.05) is 48.2 Å². The summed E-state index contributed by atoms with van der Waals surface area (Å²) in [7, 11) is -1.86. The Bertz CT molecular complexity index is 1630. The minimum absolute atomic E-state index is 0.0916. The van der Waals surface area contributed by atoms with Crippen LogP contribution in [0.3, 0.4) is 0 Å². The molecule has 4 rings (SSSR count). The number of halogens is 3. The molecular weight excluding hydrogens is 577 g/mol. The van der Waals surface area contributed by atoms with Gasteiger partial charge in [0.2, 0.25) is 5.91 Å². The number of methoxy groups -OCH3 is 2. The number of alkyl halides is 3. The molecule has 41 heavy (non-hydrogen) atoms. The van der Waals surface area contributed by atoms with Crippen LogP contribution in [0.2, 0.25) is 0 Å². The molecule has 0 spiro atoms. The molecule has 4 aromatic rings. The highest BCUT2D eigenvalue weighted by Crippen LogP contribution is 2.36. The van der Waals surface area contributed by atoms with Gasteiger partial charge in [0.05, 0.1) is 36.1 Å². The van der Waals surface area contributed by atoms with Gasteiger partial charge in [-0.15, -0.1) is 0 Å². The van der Waals surface area contributed by atoms with Crippen molar-refractivity contribution in [1.29, 1.82) is 0 Å². The molecule has 0 saturated heterocycles. The number of para-hydroxylation sites is 1. The van der Waals surface area contributed by atoms with Crippen LogP contribution < -0.4 is 19.1 Å². The number of benzene rings is 4. The molecule has 0 heterocycles. The number of rotatable bonds is 10. The van der Waals surface area contributed by atoms with Crippen LogP contribution in [0.4, 0.5) is 24.5 Å². The van der Waals surface area contributed by atoms with E-state index in [9.17, 15) is 26.4 Å². The Morgan fingerprint density at radius 1 is 0.854 bits per heavy atom. The Morgan fingerprint density at radius 2 is 1.54 bits per heavy atom. The quantitative estimate of drug-likeness (QED) is 0.217. The van der Waals surface area contributed by atoms with E-state index in [1.165, 1.54) is 50.2 Å². The number of carbonyl (C=O) groups excluding carboxylic acids is 1. The molecule has 0 fully saturated rings. The molecule has 0 saturated carbocycles. The van der Waals surface area contributed by atoms with Gasteiger partial charge in [0.15, 0.2) is 11.5 Å². The molecule has 0 aromatic heterocycles. The van der Waals surface area contributed by atoms with E-state index in [4.69, 9.17) is 9.47 Å². The second kappa shape index (κ2) is 12.6. The van der Waals surface area contributed by atoms with E-state index >= 15 is 0 Å². The first-order valence-electron chi connectivity index (χ1n) is 12.1. The molecule has 4 aromatic carbocycles. The average molecular weight is 603 g/mol. The monoisotopic (exact) mass is 602 g/mol. The summed E-state index contributed by atoms with van der Waals surface area (Å²) in [5.41, 5.74) is -0.983. The highest BCUT2D eigenvalue weighted by atomic mass is 32.2. The molecule has 7 nitrogen and oxygen atoms in total. The molecule has 0 radical (unpaired) electrons. The van der Waals surface area contributed by atoms with Gasteiger partial charge < -0.3 is 14.8 Å². The first kappa shape index (κ1) is 29.8.